The van der Waals surface area contributed by atoms with Crippen molar-refractivity contribution in [3.8, 4) is 0 Å². The predicted molar refractivity (Wildman–Crippen MR) is 155 cm³/mol. The van der Waals surface area contributed by atoms with Crippen LogP contribution in [0.15, 0.2) is 145 Å². The van der Waals surface area contributed by atoms with Gasteiger partial charge in [-0.1, -0.05) is 85.0 Å². The molecule has 0 fully saturated rings. The van der Waals surface area contributed by atoms with E-state index >= 15 is 0 Å². The second-order valence-corrected chi connectivity index (χ2v) is 7.59. The van der Waals surface area contributed by atoms with E-state index in [0.717, 1.165) is 49.8 Å². The zero-order valence-corrected chi connectivity index (χ0v) is 22.5. The minimum absolute atomic E-state index is 0. The molecule has 0 aromatic rings. The Labute approximate surface area is 234 Å². The molecular formula is C30H32N6Ru+2. The Morgan fingerprint density at radius 3 is 1.32 bits per heavy atom. The molecule has 0 N–H and O–H groups in total. The van der Waals surface area contributed by atoms with Gasteiger partial charge in [0.2, 0.25) is 0 Å². The average Bonchev–Trinajstić information content (AvgIpc) is 3.02. The van der Waals surface area contributed by atoms with E-state index in [4.69, 9.17) is 0 Å². The van der Waals surface area contributed by atoms with E-state index in [1.54, 1.807) is 12.4 Å². The van der Waals surface area contributed by atoms with Gasteiger partial charge in [-0.25, -0.2) is 0 Å². The summed E-state index contributed by atoms with van der Waals surface area (Å²) in [7, 11) is 0. The molecule has 0 amide bonds. The fourth-order valence-electron chi connectivity index (χ4n) is 3.14. The van der Waals surface area contributed by atoms with Crippen molar-refractivity contribution in [3.63, 3.8) is 0 Å². The Morgan fingerprint density at radius 1 is 0.486 bits per heavy atom. The topological polar surface area (TPSA) is 84.6 Å². The summed E-state index contributed by atoms with van der Waals surface area (Å²) in [5.41, 5.74) is 3.06. The van der Waals surface area contributed by atoms with Crippen molar-refractivity contribution in [1.29, 1.82) is 0 Å². The van der Waals surface area contributed by atoms with Crippen molar-refractivity contribution in [2.45, 2.75) is 6.04 Å². The molecule has 0 saturated heterocycles. The Bertz CT molecular complexity index is 956. The number of nitrogens with zero attached hydrogens (tertiary/aromatic N) is 6. The van der Waals surface area contributed by atoms with Gasteiger partial charge in [-0.2, -0.15) is 35.7 Å². The van der Waals surface area contributed by atoms with Crippen LogP contribution in [0.3, 0.4) is 0 Å². The van der Waals surface area contributed by atoms with E-state index < -0.39 is 0 Å². The number of allylic oxidation sites excluding steroid dienone is 12. The third-order valence-electron chi connectivity index (χ3n) is 4.90. The van der Waals surface area contributed by atoms with Gasteiger partial charge >= 0.3 is 19.5 Å². The van der Waals surface area contributed by atoms with Gasteiger partial charge in [0.15, 0.2) is 0 Å². The van der Waals surface area contributed by atoms with Crippen LogP contribution >= 0.6 is 0 Å². The fraction of sp³-hybridized carbons (Fsp3) is 0.200. The summed E-state index contributed by atoms with van der Waals surface area (Å²) in [6.45, 7) is 4.06. The molecule has 6 rings (SSSR count). The molecule has 1 atom stereocenters. The van der Waals surface area contributed by atoms with Crippen LogP contribution in [-0.2, 0) is 19.5 Å². The van der Waals surface area contributed by atoms with E-state index in [9.17, 15) is 0 Å². The van der Waals surface area contributed by atoms with Gasteiger partial charge in [0.25, 0.3) is 0 Å². The second-order valence-electron chi connectivity index (χ2n) is 7.59. The van der Waals surface area contributed by atoms with E-state index in [0.29, 0.717) is 0 Å². The van der Waals surface area contributed by atoms with Crippen LogP contribution in [0.5, 0.6) is 0 Å². The first kappa shape index (κ1) is 29.5. The summed E-state index contributed by atoms with van der Waals surface area (Å²) >= 11 is 0. The molecular weight excluding hydrogens is 545 g/mol. The van der Waals surface area contributed by atoms with Gasteiger partial charge in [0.05, 0.1) is 0 Å². The molecule has 1 unspecified atom stereocenters. The normalized spacial score (nSPS) is 20.8. The van der Waals surface area contributed by atoms with Gasteiger partial charge in [-0.05, 0) is 0 Å². The largest absolute Gasteiger partial charge is 8.00 e. The van der Waals surface area contributed by atoms with Crippen molar-refractivity contribution >= 4 is 0 Å². The summed E-state index contributed by atoms with van der Waals surface area (Å²) in [6, 6.07) is 0.139. The molecule has 7 heteroatoms. The van der Waals surface area contributed by atoms with Crippen LogP contribution in [0.1, 0.15) is 0 Å². The molecule has 37 heavy (non-hydrogen) atoms. The first-order valence-corrected chi connectivity index (χ1v) is 12.1. The summed E-state index contributed by atoms with van der Waals surface area (Å²) in [5, 5.41) is 25.1. The molecule has 188 valence electrons. The molecule has 0 radical (unpaired) electrons. The van der Waals surface area contributed by atoms with Crippen LogP contribution < -0.4 is 0 Å². The zero-order valence-electron chi connectivity index (χ0n) is 20.8. The standard InChI is InChI=1S/2C10H10N2.2C5H6N.Ru/c2*1-3-7-11-9(5-1)10-6-2-4-8-12-10;2*1-2-4-6-5-3-1;/h1-6H,7-8H2;1-7,9H,8H2;2*1-4H,5H2;/q2*-2;2*-1;+8. The van der Waals surface area contributed by atoms with E-state index in [-0.39, 0.29) is 25.5 Å². The molecule has 0 aromatic carbocycles. The molecule has 0 bridgehead atoms. The minimum atomic E-state index is 0. The van der Waals surface area contributed by atoms with Crippen molar-refractivity contribution in [2.75, 3.05) is 32.7 Å². The molecule has 0 aromatic heterocycles. The number of hydrogen-bond acceptors (Lipinski definition) is 0. The molecule has 6 heterocycles. The first-order valence-electron chi connectivity index (χ1n) is 12.1. The molecule has 6 nitrogen and oxygen atoms in total. The molecule has 0 saturated carbocycles. The first-order chi connectivity index (χ1) is 17.9. The van der Waals surface area contributed by atoms with Gasteiger partial charge in [0, 0.05) is 0 Å². The Hall–Kier alpha value is -3.70. The van der Waals surface area contributed by atoms with Gasteiger partial charge in [-0.15, -0.1) is 63.1 Å². The SMILES string of the molecule is C1=CC[N-]C(C2=CC=CC[N-]2)=C1.C1=CC[N-]C(C2C=CC=C[N-]2)=C1.C1=CC[N-]C=C1.C1=CC[N-]C=C1.[Ru+8]. The van der Waals surface area contributed by atoms with Crippen LogP contribution in [0, 0.1) is 0 Å². The summed E-state index contributed by atoms with van der Waals surface area (Å²) in [5.74, 6) is 0. The third kappa shape index (κ3) is 12.7. The Balaban J connectivity index is 0.000000181. The van der Waals surface area contributed by atoms with Gasteiger partial charge in [-0.3, -0.25) is 0 Å². The van der Waals surface area contributed by atoms with E-state index in [2.05, 4.69) is 38.0 Å². The van der Waals surface area contributed by atoms with Crippen molar-refractivity contribution in [3.05, 3.63) is 177 Å². The average molecular weight is 578 g/mol. The molecule has 0 aliphatic carbocycles. The van der Waals surface area contributed by atoms with Crippen molar-refractivity contribution in [1.82, 2.24) is 0 Å². The van der Waals surface area contributed by atoms with Gasteiger partial charge in [0.1, 0.15) is 0 Å². The molecule has 6 aliphatic heterocycles. The van der Waals surface area contributed by atoms with Crippen molar-refractivity contribution < 1.29 is 19.5 Å². The van der Waals surface area contributed by atoms with Crippen molar-refractivity contribution in [2.24, 2.45) is 0 Å². The summed E-state index contributed by atoms with van der Waals surface area (Å²) < 4.78 is 0. The fourth-order valence-corrected chi connectivity index (χ4v) is 3.14. The smallest absolute Gasteiger partial charge is 0.687 e. The maximum Gasteiger partial charge on any atom is 8.00 e. The summed E-state index contributed by atoms with van der Waals surface area (Å²) in [6.07, 6.45) is 41.5. The minimum Gasteiger partial charge on any atom is -0.687 e. The van der Waals surface area contributed by atoms with Crippen LogP contribution in [-0.4, -0.2) is 38.8 Å². The Morgan fingerprint density at radius 2 is 1.00 bits per heavy atom. The predicted octanol–water partition coefficient (Wildman–Crippen LogP) is 8.17. The molecule has 6 aliphatic rings. The second kappa shape index (κ2) is 19.5. The third-order valence-corrected chi connectivity index (χ3v) is 4.90. The van der Waals surface area contributed by atoms with E-state index in [1.807, 2.05) is 109 Å². The van der Waals surface area contributed by atoms with Crippen LogP contribution in [0.25, 0.3) is 31.9 Å². The molecule has 0 spiro atoms. The maximum absolute atomic E-state index is 4.35. The quantitative estimate of drug-likeness (QED) is 0.297. The maximum atomic E-state index is 4.35. The van der Waals surface area contributed by atoms with Crippen LogP contribution in [0.4, 0.5) is 0 Å². The number of rotatable bonds is 2. The van der Waals surface area contributed by atoms with E-state index in [1.165, 1.54) is 0 Å². The van der Waals surface area contributed by atoms with Gasteiger partial charge < -0.3 is 31.9 Å². The Kier molecular flexibility index (Phi) is 15.6. The van der Waals surface area contributed by atoms with Crippen LogP contribution in [0.2, 0.25) is 0 Å². The number of hydrogen-bond donors (Lipinski definition) is 0. The zero-order chi connectivity index (χ0) is 24.9. The monoisotopic (exact) mass is 578 g/mol. The summed E-state index contributed by atoms with van der Waals surface area (Å²) in [4.78, 5) is 0.